The highest BCUT2D eigenvalue weighted by molar-refractivity contribution is 9.10. The maximum atomic E-state index is 5.85. The first-order chi connectivity index (χ1) is 8.64. The van der Waals surface area contributed by atoms with Gasteiger partial charge in [0, 0.05) is 9.86 Å². The van der Waals surface area contributed by atoms with Gasteiger partial charge in [0.05, 0.1) is 20.3 Å². The van der Waals surface area contributed by atoms with Crippen molar-refractivity contribution in [3.05, 3.63) is 28.4 Å². The monoisotopic (exact) mass is 312 g/mol. The average molecular weight is 313 g/mol. The van der Waals surface area contributed by atoms with Crippen molar-refractivity contribution in [3.63, 3.8) is 0 Å². The first-order valence-electron chi connectivity index (χ1n) is 5.68. The van der Waals surface area contributed by atoms with Crippen LogP contribution in [0, 0.1) is 0 Å². The van der Waals surface area contributed by atoms with Crippen molar-refractivity contribution < 1.29 is 18.6 Å². The molecule has 0 amide bonds. The minimum absolute atomic E-state index is 0.575. The van der Waals surface area contributed by atoms with E-state index in [1.807, 2.05) is 25.1 Å². The second-order valence-corrected chi connectivity index (χ2v) is 5.10. The standard InChI is InChI=1S/C13H13BrO4/c1-13(16-5-6-17-13)11-7-8-9(14)3-4-10(15-2)12(8)18-11/h3-4,7H,5-6H2,1-2H3. The molecular weight excluding hydrogens is 300 g/mol. The van der Waals surface area contributed by atoms with E-state index >= 15 is 0 Å². The van der Waals surface area contributed by atoms with Gasteiger partial charge in [-0.2, -0.15) is 0 Å². The van der Waals surface area contributed by atoms with Crippen molar-refractivity contribution in [1.82, 2.24) is 0 Å². The molecule has 4 nitrogen and oxygen atoms in total. The molecule has 2 heterocycles. The molecule has 2 aromatic rings. The number of hydrogen-bond donors (Lipinski definition) is 0. The third-order valence-electron chi connectivity index (χ3n) is 3.10. The van der Waals surface area contributed by atoms with Crippen LogP contribution in [0.15, 0.2) is 27.1 Å². The van der Waals surface area contributed by atoms with E-state index in [2.05, 4.69) is 15.9 Å². The Morgan fingerprint density at radius 1 is 1.28 bits per heavy atom. The van der Waals surface area contributed by atoms with E-state index in [0.29, 0.717) is 30.3 Å². The van der Waals surface area contributed by atoms with Crippen LogP contribution in [-0.2, 0) is 15.3 Å². The summed E-state index contributed by atoms with van der Waals surface area (Å²) in [5, 5.41) is 0.949. The highest BCUT2D eigenvalue weighted by atomic mass is 79.9. The van der Waals surface area contributed by atoms with Crippen LogP contribution in [0.25, 0.3) is 11.0 Å². The van der Waals surface area contributed by atoms with Gasteiger partial charge in [-0.15, -0.1) is 0 Å². The van der Waals surface area contributed by atoms with Crippen LogP contribution < -0.4 is 4.74 Å². The van der Waals surface area contributed by atoms with E-state index < -0.39 is 5.79 Å². The molecule has 1 aromatic carbocycles. The highest BCUT2D eigenvalue weighted by Crippen LogP contribution is 2.40. The van der Waals surface area contributed by atoms with Crippen LogP contribution in [0.5, 0.6) is 5.75 Å². The summed E-state index contributed by atoms with van der Waals surface area (Å²) in [6, 6.07) is 5.71. The number of rotatable bonds is 2. The smallest absolute Gasteiger partial charge is 0.225 e. The third kappa shape index (κ3) is 1.74. The zero-order valence-corrected chi connectivity index (χ0v) is 11.7. The Balaban J connectivity index is 2.18. The lowest BCUT2D eigenvalue weighted by molar-refractivity contribution is -0.162. The second kappa shape index (κ2) is 4.26. The van der Waals surface area contributed by atoms with Gasteiger partial charge in [-0.25, -0.2) is 0 Å². The maximum absolute atomic E-state index is 5.85. The SMILES string of the molecule is COc1ccc(Br)c2cc(C3(C)OCCO3)oc12. The molecule has 0 radical (unpaired) electrons. The molecule has 0 aliphatic carbocycles. The number of methoxy groups -OCH3 is 1. The first-order valence-corrected chi connectivity index (χ1v) is 6.48. The topological polar surface area (TPSA) is 40.8 Å². The van der Waals surface area contributed by atoms with Crippen LogP contribution >= 0.6 is 15.9 Å². The van der Waals surface area contributed by atoms with E-state index in [1.165, 1.54) is 0 Å². The fourth-order valence-electron chi connectivity index (χ4n) is 2.11. The van der Waals surface area contributed by atoms with Gasteiger partial charge in [0.2, 0.25) is 5.79 Å². The number of ether oxygens (including phenoxy) is 3. The highest BCUT2D eigenvalue weighted by Gasteiger charge is 2.37. The van der Waals surface area contributed by atoms with Crippen LogP contribution in [0.2, 0.25) is 0 Å². The lowest BCUT2D eigenvalue weighted by atomic mass is 10.2. The lowest BCUT2D eigenvalue weighted by Gasteiger charge is -2.18. The summed E-state index contributed by atoms with van der Waals surface area (Å²) in [4.78, 5) is 0. The Morgan fingerprint density at radius 3 is 2.67 bits per heavy atom. The number of halogens is 1. The quantitative estimate of drug-likeness (QED) is 0.852. The minimum Gasteiger partial charge on any atom is -0.493 e. The largest absolute Gasteiger partial charge is 0.493 e. The van der Waals surface area contributed by atoms with E-state index in [0.717, 1.165) is 9.86 Å². The molecule has 18 heavy (non-hydrogen) atoms. The summed E-state index contributed by atoms with van der Waals surface area (Å²) in [6.45, 7) is 3.01. The first kappa shape index (κ1) is 12.0. The number of hydrogen-bond acceptors (Lipinski definition) is 4. The molecule has 0 unspecified atom stereocenters. The molecule has 1 saturated heterocycles. The van der Waals surface area contributed by atoms with Crippen molar-refractivity contribution >= 4 is 26.9 Å². The number of furan rings is 1. The van der Waals surface area contributed by atoms with Gasteiger partial charge in [-0.1, -0.05) is 15.9 Å². The van der Waals surface area contributed by atoms with Crippen molar-refractivity contribution in [1.29, 1.82) is 0 Å². The molecule has 1 fully saturated rings. The van der Waals surface area contributed by atoms with Crippen LogP contribution in [0.3, 0.4) is 0 Å². The van der Waals surface area contributed by atoms with Gasteiger partial charge in [0.25, 0.3) is 0 Å². The predicted molar refractivity (Wildman–Crippen MR) is 69.7 cm³/mol. The molecule has 1 aliphatic rings. The Morgan fingerprint density at radius 2 is 2.00 bits per heavy atom. The molecular formula is C13H13BrO4. The number of benzene rings is 1. The summed E-state index contributed by atoms with van der Waals surface area (Å²) in [7, 11) is 1.62. The fourth-order valence-corrected chi connectivity index (χ4v) is 2.53. The van der Waals surface area contributed by atoms with Crippen molar-refractivity contribution in [2.45, 2.75) is 12.7 Å². The molecule has 0 atom stereocenters. The van der Waals surface area contributed by atoms with E-state index in [9.17, 15) is 0 Å². The van der Waals surface area contributed by atoms with Gasteiger partial charge < -0.3 is 18.6 Å². The molecule has 5 heteroatoms. The van der Waals surface area contributed by atoms with Gasteiger partial charge in [-0.3, -0.25) is 0 Å². The molecule has 0 spiro atoms. The van der Waals surface area contributed by atoms with Crippen LogP contribution in [0.4, 0.5) is 0 Å². The minimum atomic E-state index is -0.802. The molecule has 1 aromatic heterocycles. The zero-order chi connectivity index (χ0) is 12.8. The third-order valence-corrected chi connectivity index (χ3v) is 3.79. The molecule has 3 rings (SSSR count). The van der Waals surface area contributed by atoms with Gasteiger partial charge in [0.15, 0.2) is 17.1 Å². The zero-order valence-electron chi connectivity index (χ0n) is 10.2. The summed E-state index contributed by atoms with van der Waals surface area (Å²) in [5.41, 5.74) is 0.696. The molecule has 1 aliphatic heterocycles. The van der Waals surface area contributed by atoms with Gasteiger partial charge >= 0.3 is 0 Å². The summed E-state index contributed by atoms with van der Waals surface area (Å²) in [5.74, 6) is 0.546. The van der Waals surface area contributed by atoms with Crippen molar-refractivity contribution in [2.24, 2.45) is 0 Å². The average Bonchev–Trinajstić information content (AvgIpc) is 2.97. The van der Waals surface area contributed by atoms with Gasteiger partial charge in [-0.05, 0) is 25.1 Å². The molecule has 0 saturated carbocycles. The molecule has 96 valence electrons. The summed E-state index contributed by atoms with van der Waals surface area (Å²) < 4.78 is 23.3. The Bertz CT molecular complexity index is 584. The Hall–Kier alpha value is -1.04. The van der Waals surface area contributed by atoms with Crippen molar-refractivity contribution in [3.8, 4) is 5.75 Å². The summed E-state index contributed by atoms with van der Waals surface area (Å²) in [6.07, 6.45) is 0. The van der Waals surface area contributed by atoms with E-state index in [-0.39, 0.29) is 0 Å². The predicted octanol–water partition coefficient (Wildman–Crippen LogP) is 3.42. The van der Waals surface area contributed by atoms with Crippen molar-refractivity contribution in [2.75, 3.05) is 20.3 Å². The molecule has 0 N–H and O–H groups in total. The summed E-state index contributed by atoms with van der Waals surface area (Å²) >= 11 is 3.50. The lowest BCUT2D eigenvalue weighted by Crippen LogP contribution is -2.21. The maximum Gasteiger partial charge on any atom is 0.225 e. The fraction of sp³-hybridized carbons (Fsp3) is 0.385. The Kier molecular flexibility index (Phi) is 2.84. The Labute approximate surface area is 113 Å². The van der Waals surface area contributed by atoms with Gasteiger partial charge in [0.1, 0.15) is 0 Å². The van der Waals surface area contributed by atoms with E-state index in [1.54, 1.807) is 7.11 Å². The van der Waals surface area contributed by atoms with Crippen LogP contribution in [-0.4, -0.2) is 20.3 Å². The van der Waals surface area contributed by atoms with Crippen LogP contribution in [0.1, 0.15) is 12.7 Å². The second-order valence-electron chi connectivity index (χ2n) is 4.25. The number of fused-ring (bicyclic) bond motifs is 1. The van der Waals surface area contributed by atoms with E-state index in [4.69, 9.17) is 18.6 Å². The normalized spacial score (nSPS) is 18.4. The molecule has 0 bridgehead atoms.